The van der Waals surface area contributed by atoms with Gasteiger partial charge in [0.05, 0.1) is 37.9 Å². The Morgan fingerprint density at radius 2 is 1.82 bits per heavy atom. The second kappa shape index (κ2) is 9.22. The number of fused-ring (bicyclic) bond motifs is 3. The van der Waals surface area contributed by atoms with Crippen LogP contribution in [0.5, 0.6) is 5.88 Å². The Morgan fingerprint density at radius 1 is 1.08 bits per heavy atom. The summed E-state index contributed by atoms with van der Waals surface area (Å²) >= 11 is 0. The zero-order valence-corrected chi connectivity index (χ0v) is 21.0. The molecular formula is C25H24F3N7O4. The van der Waals surface area contributed by atoms with E-state index in [2.05, 4.69) is 15.1 Å². The van der Waals surface area contributed by atoms with E-state index >= 15 is 0 Å². The summed E-state index contributed by atoms with van der Waals surface area (Å²) in [6, 6.07) is 2.98. The van der Waals surface area contributed by atoms with E-state index in [0.29, 0.717) is 12.2 Å². The second-order valence-electron chi connectivity index (χ2n) is 9.86. The molecule has 1 N–H and O–H groups in total. The molecule has 39 heavy (non-hydrogen) atoms. The third-order valence-electron chi connectivity index (χ3n) is 7.46. The zero-order chi connectivity index (χ0) is 27.6. The summed E-state index contributed by atoms with van der Waals surface area (Å²) in [4.78, 5) is 38.0. The highest BCUT2D eigenvalue weighted by Crippen LogP contribution is 2.41. The van der Waals surface area contributed by atoms with Gasteiger partial charge in [-0.2, -0.15) is 10.1 Å². The first-order valence-electron chi connectivity index (χ1n) is 12.3. The molecule has 2 aliphatic heterocycles. The van der Waals surface area contributed by atoms with Crippen LogP contribution in [0.4, 0.5) is 19.0 Å². The van der Waals surface area contributed by atoms with Gasteiger partial charge in [0.2, 0.25) is 5.88 Å². The van der Waals surface area contributed by atoms with Crippen LogP contribution in [0, 0.1) is 17.5 Å². The number of aromatic nitrogens is 6. The molecule has 0 aliphatic carbocycles. The minimum atomic E-state index is -1.63. The van der Waals surface area contributed by atoms with Crippen molar-refractivity contribution in [3.8, 4) is 5.88 Å². The second-order valence-corrected chi connectivity index (χ2v) is 9.86. The third-order valence-corrected chi connectivity index (χ3v) is 7.46. The molecular weight excluding hydrogens is 519 g/mol. The zero-order valence-electron chi connectivity index (χ0n) is 21.0. The predicted molar refractivity (Wildman–Crippen MR) is 132 cm³/mol. The molecule has 4 aromatic rings. The fourth-order valence-electron chi connectivity index (χ4n) is 5.75. The molecule has 2 fully saturated rings. The van der Waals surface area contributed by atoms with E-state index in [1.807, 2.05) is 4.90 Å². The van der Waals surface area contributed by atoms with E-state index in [0.717, 1.165) is 34.1 Å². The van der Waals surface area contributed by atoms with Crippen molar-refractivity contribution >= 4 is 16.7 Å². The fourth-order valence-corrected chi connectivity index (χ4v) is 5.75. The molecule has 0 saturated carbocycles. The number of ether oxygens (including phenoxy) is 1. The van der Waals surface area contributed by atoms with Crippen LogP contribution in [0.25, 0.3) is 10.9 Å². The number of aryl methyl sites for hydroxylation is 1. The predicted octanol–water partition coefficient (Wildman–Crippen LogP) is 1.31. The van der Waals surface area contributed by atoms with Gasteiger partial charge in [0, 0.05) is 19.2 Å². The minimum Gasteiger partial charge on any atom is -0.480 e. The van der Waals surface area contributed by atoms with Gasteiger partial charge in [-0.1, -0.05) is 0 Å². The lowest BCUT2D eigenvalue weighted by atomic mass is 9.98. The first kappa shape index (κ1) is 25.1. The number of hydrogen-bond acceptors (Lipinski definition) is 8. The number of methoxy groups -OCH3 is 1. The number of aliphatic hydroxyl groups is 1. The maximum atomic E-state index is 14.1. The van der Waals surface area contributed by atoms with E-state index in [-0.39, 0.29) is 53.3 Å². The third kappa shape index (κ3) is 4.06. The molecule has 5 heterocycles. The van der Waals surface area contributed by atoms with E-state index in [1.165, 1.54) is 18.1 Å². The topological polar surface area (TPSA) is 120 Å². The number of rotatable bonds is 6. The number of hydrogen-bond donors (Lipinski definition) is 1. The van der Waals surface area contributed by atoms with Crippen molar-refractivity contribution in [2.45, 2.75) is 50.5 Å². The van der Waals surface area contributed by atoms with Crippen molar-refractivity contribution in [1.82, 2.24) is 28.9 Å². The summed E-state index contributed by atoms with van der Waals surface area (Å²) in [5, 5.41) is 14.6. The SMILES string of the molecule is COc1nc(N2[C@H]3CC[C@@H]2[C@@H](O)C3)cc2c1c(=O)n(Cc1ncn(C)n1)c(=O)n2Cc1cc(F)c(F)c(F)c1. The maximum absolute atomic E-state index is 14.1. The van der Waals surface area contributed by atoms with Crippen LogP contribution in [0.1, 0.15) is 30.7 Å². The Morgan fingerprint density at radius 3 is 2.41 bits per heavy atom. The highest BCUT2D eigenvalue weighted by molar-refractivity contribution is 5.86. The van der Waals surface area contributed by atoms with Gasteiger partial charge in [0.25, 0.3) is 5.56 Å². The Labute approximate surface area is 218 Å². The lowest BCUT2D eigenvalue weighted by Gasteiger charge is -2.25. The number of anilines is 1. The molecule has 0 spiro atoms. The van der Waals surface area contributed by atoms with E-state index in [9.17, 15) is 27.9 Å². The maximum Gasteiger partial charge on any atom is 0.332 e. The summed E-state index contributed by atoms with van der Waals surface area (Å²) in [6.07, 6.45) is 3.04. The highest BCUT2D eigenvalue weighted by Gasteiger charge is 2.46. The number of halogens is 3. The van der Waals surface area contributed by atoms with Crippen LogP contribution in [0.3, 0.4) is 0 Å². The van der Waals surface area contributed by atoms with Gasteiger partial charge in [-0.15, -0.1) is 0 Å². The van der Waals surface area contributed by atoms with Gasteiger partial charge in [0.1, 0.15) is 17.5 Å². The monoisotopic (exact) mass is 543 g/mol. The largest absolute Gasteiger partial charge is 0.480 e. The standard InChI is InChI=1S/C25H24F3N7O4/c1-32-11-29-19(31-32)10-34-24(37)21-17(33(25(34)38)9-12-5-14(26)22(28)15(27)6-12)8-20(30-23(21)39-2)35-13-3-4-16(35)18(36)7-13/h5-6,8,11,13,16,18,36H,3-4,7,9-10H2,1-2H3/t13-,16+,18-/m0/s1. The van der Waals surface area contributed by atoms with Crippen LogP contribution in [-0.2, 0) is 20.1 Å². The average molecular weight is 544 g/mol. The molecule has 3 atom stereocenters. The van der Waals surface area contributed by atoms with Crippen molar-refractivity contribution in [3.05, 3.63) is 74.2 Å². The van der Waals surface area contributed by atoms with Gasteiger partial charge < -0.3 is 14.7 Å². The summed E-state index contributed by atoms with van der Waals surface area (Å²) in [5.41, 5.74) is -1.43. The molecule has 14 heteroatoms. The van der Waals surface area contributed by atoms with Crippen LogP contribution < -0.4 is 20.9 Å². The van der Waals surface area contributed by atoms with E-state index in [4.69, 9.17) is 4.74 Å². The van der Waals surface area contributed by atoms with E-state index < -0.39 is 34.8 Å². The summed E-state index contributed by atoms with van der Waals surface area (Å²) in [6.45, 7) is -0.671. The van der Waals surface area contributed by atoms with Crippen molar-refractivity contribution in [2.75, 3.05) is 12.0 Å². The van der Waals surface area contributed by atoms with E-state index in [1.54, 1.807) is 13.1 Å². The minimum absolute atomic E-state index is 0.0238. The molecule has 3 aromatic heterocycles. The number of nitrogens with zero attached hydrogens (tertiary/aromatic N) is 7. The summed E-state index contributed by atoms with van der Waals surface area (Å²) < 4.78 is 50.8. The van der Waals surface area contributed by atoms with Crippen molar-refractivity contribution in [1.29, 1.82) is 0 Å². The average Bonchev–Trinajstić information content (AvgIpc) is 3.60. The Kier molecular flexibility index (Phi) is 5.93. The number of pyridine rings is 1. The van der Waals surface area contributed by atoms with Gasteiger partial charge >= 0.3 is 5.69 Å². The Bertz CT molecular complexity index is 1710. The summed E-state index contributed by atoms with van der Waals surface area (Å²) in [5.74, 6) is -3.91. The molecule has 0 amide bonds. The van der Waals surface area contributed by atoms with Gasteiger partial charge in [-0.3, -0.25) is 18.6 Å². The molecule has 11 nitrogen and oxygen atoms in total. The normalized spacial score (nSPS) is 20.4. The van der Waals surface area contributed by atoms with Crippen molar-refractivity contribution in [3.63, 3.8) is 0 Å². The fraction of sp³-hybridized carbons (Fsp3) is 0.400. The number of benzene rings is 1. The van der Waals surface area contributed by atoms with Gasteiger partial charge in [-0.05, 0) is 37.0 Å². The molecule has 204 valence electrons. The summed E-state index contributed by atoms with van der Waals surface area (Å²) in [7, 11) is 2.97. The van der Waals surface area contributed by atoms with Crippen LogP contribution in [0.15, 0.2) is 34.1 Å². The lowest BCUT2D eigenvalue weighted by molar-refractivity contribution is 0.147. The van der Waals surface area contributed by atoms with Crippen LogP contribution in [0.2, 0.25) is 0 Å². The molecule has 2 aliphatic rings. The molecule has 6 rings (SSSR count). The smallest absolute Gasteiger partial charge is 0.332 e. The van der Waals surface area contributed by atoms with Crippen LogP contribution in [-0.4, -0.2) is 59.3 Å². The number of aliphatic hydroxyl groups excluding tert-OH is 1. The lowest BCUT2D eigenvalue weighted by Crippen LogP contribution is -2.41. The first-order valence-corrected chi connectivity index (χ1v) is 12.3. The van der Waals surface area contributed by atoms with Crippen molar-refractivity contribution in [2.24, 2.45) is 7.05 Å². The highest BCUT2D eigenvalue weighted by atomic mass is 19.2. The van der Waals surface area contributed by atoms with Crippen LogP contribution >= 0.6 is 0 Å². The molecule has 2 saturated heterocycles. The molecule has 1 aromatic carbocycles. The molecule has 0 radical (unpaired) electrons. The van der Waals surface area contributed by atoms with Gasteiger partial charge in [-0.25, -0.2) is 22.9 Å². The van der Waals surface area contributed by atoms with Crippen molar-refractivity contribution < 1.29 is 23.0 Å². The molecule has 2 bridgehead atoms. The quantitative estimate of drug-likeness (QED) is 0.362. The Balaban J connectivity index is 1.60. The first-order chi connectivity index (χ1) is 18.7. The van der Waals surface area contributed by atoms with Gasteiger partial charge in [0.15, 0.2) is 23.3 Å². The molecule has 0 unspecified atom stereocenters. The Hall–Kier alpha value is -4.20.